The minimum absolute atomic E-state index is 0.0545. The predicted molar refractivity (Wildman–Crippen MR) is 314 cm³/mol. The van der Waals surface area contributed by atoms with Crippen molar-refractivity contribution < 1.29 is 32.9 Å². The molecule has 426 valence electrons. The zero-order valence-electron chi connectivity index (χ0n) is 48.7. The summed E-state index contributed by atoms with van der Waals surface area (Å²) in [5, 5.41) is 13.8. The van der Waals surface area contributed by atoms with E-state index in [1.165, 1.54) is 238 Å². The van der Waals surface area contributed by atoms with E-state index in [2.05, 4.69) is 43.5 Å². The third-order valence-electron chi connectivity index (χ3n) is 14.4. The van der Waals surface area contributed by atoms with Gasteiger partial charge in [0.2, 0.25) is 5.91 Å². The number of unbranched alkanes of at least 4 members (excludes halogenated alkanes) is 41. The highest BCUT2D eigenvalue weighted by atomic mass is 31.2. The number of aliphatic hydroxyl groups excluding tert-OH is 1. The predicted octanol–water partition coefficient (Wildman–Crippen LogP) is 19.3. The first-order valence-corrected chi connectivity index (χ1v) is 32.9. The average Bonchev–Trinajstić information content (AvgIpc) is 3.34. The fourth-order valence-corrected chi connectivity index (χ4v) is 10.2. The molecule has 3 unspecified atom stereocenters. The summed E-state index contributed by atoms with van der Waals surface area (Å²) in [5.74, 6) is -0.188. The molecule has 0 aromatic heterocycles. The number of nitrogens with zero attached hydrogens (tertiary/aromatic N) is 1. The Morgan fingerprint density at radius 1 is 0.472 bits per heavy atom. The number of rotatable bonds is 58. The van der Waals surface area contributed by atoms with Crippen molar-refractivity contribution in [1.82, 2.24) is 5.32 Å². The van der Waals surface area contributed by atoms with E-state index in [0.717, 1.165) is 51.4 Å². The van der Waals surface area contributed by atoms with Gasteiger partial charge in [-0.25, -0.2) is 4.57 Å². The van der Waals surface area contributed by atoms with Crippen molar-refractivity contribution in [2.24, 2.45) is 0 Å². The van der Waals surface area contributed by atoms with Crippen molar-refractivity contribution in [3.05, 3.63) is 36.5 Å². The minimum atomic E-state index is -4.35. The number of hydrogen-bond donors (Lipinski definition) is 3. The zero-order chi connectivity index (χ0) is 52.7. The summed E-state index contributed by atoms with van der Waals surface area (Å²) in [6, 6.07) is -0.866. The molecule has 0 rings (SSSR count). The lowest BCUT2D eigenvalue weighted by atomic mass is 10.0. The molecule has 0 radical (unpaired) electrons. The van der Waals surface area contributed by atoms with Gasteiger partial charge in [-0.1, -0.05) is 301 Å². The van der Waals surface area contributed by atoms with Gasteiger partial charge >= 0.3 is 7.82 Å². The van der Waals surface area contributed by atoms with Gasteiger partial charge in [-0.15, -0.1) is 0 Å². The number of phosphoric ester groups is 1. The molecule has 0 aromatic rings. The van der Waals surface area contributed by atoms with Gasteiger partial charge in [-0.2, -0.15) is 0 Å². The lowest BCUT2D eigenvalue weighted by Crippen LogP contribution is -2.45. The van der Waals surface area contributed by atoms with Gasteiger partial charge in [0.15, 0.2) is 0 Å². The standard InChI is InChI=1S/C63H123N2O6P/c1-6-8-10-12-14-16-18-19-20-21-22-23-24-25-26-27-28-29-30-31-32-33-34-35-36-37-38-39-40-41-42-43-44-45-46-47-49-51-53-55-57-63(67)64-61(60-71-72(68,69)70-59-58-65(3,4)5)62(66)56-54-52-50-48-17-15-13-11-9-7-2/h9,11,17,48,54,56,61-62,66H,6-8,10,12-16,18-47,49-53,55,57-60H2,1-5H3,(H-,64,67,68,69)/p+1/b11-9+,48-17+,56-54+. The summed E-state index contributed by atoms with van der Waals surface area (Å²) in [4.78, 5) is 23.2. The van der Waals surface area contributed by atoms with Crippen LogP contribution in [0.3, 0.4) is 0 Å². The van der Waals surface area contributed by atoms with Gasteiger partial charge in [-0.05, 0) is 38.5 Å². The van der Waals surface area contributed by atoms with Crippen molar-refractivity contribution in [2.45, 2.75) is 321 Å². The Balaban J connectivity index is 3.76. The summed E-state index contributed by atoms with van der Waals surface area (Å²) in [7, 11) is 1.55. The normalized spacial score (nSPS) is 14.0. The Labute approximate surface area is 448 Å². The molecule has 0 aliphatic carbocycles. The van der Waals surface area contributed by atoms with Crippen LogP contribution in [0.1, 0.15) is 309 Å². The first kappa shape index (κ1) is 70.7. The van der Waals surface area contributed by atoms with Crippen LogP contribution in [-0.4, -0.2) is 73.4 Å². The highest BCUT2D eigenvalue weighted by molar-refractivity contribution is 7.47. The number of quaternary nitrogens is 1. The third kappa shape index (κ3) is 56.4. The number of allylic oxidation sites excluding steroid dienone is 5. The number of carbonyl (C=O) groups excluding carboxylic acids is 1. The van der Waals surface area contributed by atoms with Crippen LogP contribution in [0.15, 0.2) is 36.5 Å². The Morgan fingerprint density at radius 2 is 0.778 bits per heavy atom. The highest BCUT2D eigenvalue weighted by Gasteiger charge is 2.27. The van der Waals surface area contributed by atoms with Gasteiger partial charge in [-0.3, -0.25) is 13.8 Å². The van der Waals surface area contributed by atoms with Gasteiger partial charge < -0.3 is 19.8 Å². The Hall–Kier alpha value is -1.28. The number of hydrogen-bond acceptors (Lipinski definition) is 5. The van der Waals surface area contributed by atoms with Crippen molar-refractivity contribution in [3.63, 3.8) is 0 Å². The van der Waals surface area contributed by atoms with Crippen molar-refractivity contribution in [1.29, 1.82) is 0 Å². The molecule has 0 saturated heterocycles. The van der Waals surface area contributed by atoms with E-state index in [9.17, 15) is 19.4 Å². The molecule has 3 N–H and O–H groups in total. The SMILES string of the molecule is CC/C=C/CC/C=C/CC/C=C/C(O)C(COP(=O)(O)OCC[N+](C)(C)C)NC(=O)CCCCCCCCCCCCCCCCCCCCCCCCCCCCCCCCCCCCCCCCCC. The van der Waals surface area contributed by atoms with Crippen molar-refractivity contribution >= 4 is 13.7 Å². The number of likely N-dealkylation sites (N-methyl/N-ethyl adjacent to an activating group) is 1. The van der Waals surface area contributed by atoms with E-state index in [4.69, 9.17) is 9.05 Å². The summed E-state index contributed by atoms with van der Waals surface area (Å²) in [6.45, 7) is 4.69. The maximum atomic E-state index is 12.9. The fourth-order valence-electron chi connectivity index (χ4n) is 9.50. The molecule has 0 spiro atoms. The van der Waals surface area contributed by atoms with Gasteiger partial charge in [0.1, 0.15) is 13.2 Å². The number of phosphoric acid groups is 1. The molecular weight excluding hydrogens is 912 g/mol. The molecule has 9 heteroatoms. The maximum absolute atomic E-state index is 12.9. The Kier molecular flexibility index (Phi) is 53.5. The van der Waals surface area contributed by atoms with Crippen LogP contribution in [0.2, 0.25) is 0 Å². The van der Waals surface area contributed by atoms with Gasteiger partial charge in [0.05, 0.1) is 39.9 Å². The molecule has 8 nitrogen and oxygen atoms in total. The largest absolute Gasteiger partial charge is 0.472 e. The molecule has 0 fully saturated rings. The first-order chi connectivity index (χ1) is 35.0. The monoisotopic (exact) mass is 1040 g/mol. The number of aliphatic hydroxyl groups is 1. The minimum Gasteiger partial charge on any atom is -0.387 e. The summed E-state index contributed by atoms with van der Waals surface area (Å²) >= 11 is 0. The Morgan fingerprint density at radius 3 is 1.10 bits per heavy atom. The van der Waals surface area contributed by atoms with Crippen LogP contribution < -0.4 is 5.32 Å². The smallest absolute Gasteiger partial charge is 0.387 e. The topological polar surface area (TPSA) is 105 Å². The zero-order valence-corrected chi connectivity index (χ0v) is 49.6. The fraction of sp³-hybridized carbons (Fsp3) is 0.889. The van der Waals surface area contributed by atoms with Crippen LogP contribution in [0.25, 0.3) is 0 Å². The van der Waals surface area contributed by atoms with Gasteiger partial charge in [0, 0.05) is 6.42 Å². The lowest BCUT2D eigenvalue weighted by molar-refractivity contribution is -0.870. The van der Waals surface area contributed by atoms with Crippen LogP contribution in [-0.2, 0) is 18.4 Å². The van der Waals surface area contributed by atoms with E-state index in [-0.39, 0.29) is 19.1 Å². The van der Waals surface area contributed by atoms with E-state index in [1.54, 1.807) is 6.08 Å². The quantitative estimate of drug-likeness (QED) is 0.0243. The molecule has 0 bridgehead atoms. The number of carbonyl (C=O) groups is 1. The van der Waals surface area contributed by atoms with Crippen LogP contribution in [0, 0.1) is 0 Å². The molecule has 0 aromatic carbocycles. The second kappa shape index (κ2) is 54.5. The third-order valence-corrected chi connectivity index (χ3v) is 15.3. The summed E-state index contributed by atoms with van der Waals surface area (Å²) in [6.07, 6.45) is 71.9. The maximum Gasteiger partial charge on any atom is 0.472 e. The van der Waals surface area contributed by atoms with Crippen LogP contribution in [0.5, 0.6) is 0 Å². The number of amides is 1. The van der Waals surface area contributed by atoms with Crippen molar-refractivity contribution in [3.8, 4) is 0 Å². The first-order valence-electron chi connectivity index (χ1n) is 31.4. The van der Waals surface area contributed by atoms with Gasteiger partial charge in [0.25, 0.3) is 0 Å². The second-order valence-electron chi connectivity index (χ2n) is 22.7. The highest BCUT2D eigenvalue weighted by Crippen LogP contribution is 2.43. The van der Waals surface area contributed by atoms with E-state index in [0.29, 0.717) is 17.4 Å². The molecule has 1 amide bonds. The number of nitrogens with one attached hydrogen (secondary N) is 1. The molecule has 3 atom stereocenters. The van der Waals surface area contributed by atoms with E-state index < -0.39 is 20.0 Å². The molecule has 72 heavy (non-hydrogen) atoms. The summed E-state index contributed by atoms with van der Waals surface area (Å²) < 4.78 is 23.6. The van der Waals surface area contributed by atoms with E-state index in [1.807, 2.05) is 27.2 Å². The molecule has 0 aliphatic rings. The van der Waals surface area contributed by atoms with Crippen molar-refractivity contribution in [2.75, 3.05) is 40.9 Å². The lowest BCUT2D eigenvalue weighted by Gasteiger charge is -2.25. The summed E-state index contributed by atoms with van der Waals surface area (Å²) in [5.41, 5.74) is 0. The Bertz CT molecular complexity index is 1270. The van der Waals surface area contributed by atoms with Crippen LogP contribution >= 0.6 is 7.82 Å². The molecular formula is C63H124N2O6P+. The van der Waals surface area contributed by atoms with E-state index >= 15 is 0 Å². The average molecular weight is 1040 g/mol. The van der Waals surface area contributed by atoms with Crippen LogP contribution in [0.4, 0.5) is 0 Å². The molecule has 0 heterocycles. The molecule has 0 saturated carbocycles. The molecule has 0 aliphatic heterocycles. The second-order valence-corrected chi connectivity index (χ2v) is 24.2.